The zero-order chi connectivity index (χ0) is 14.8. The van der Waals surface area contributed by atoms with Gasteiger partial charge in [-0.05, 0) is 49.6 Å². The highest BCUT2D eigenvalue weighted by molar-refractivity contribution is 6.07. The van der Waals surface area contributed by atoms with Crippen molar-refractivity contribution >= 4 is 11.6 Å². The van der Waals surface area contributed by atoms with Gasteiger partial charge in [0.1, 0.15) is 0 Å². The van der Waals surface area contributed by atoms with Gasteiger partial charge in [-0.2, -0.15) is 5.26 Å². The van der Waals surface area contributed by atoms with E-state index in [0.717, 1.165) is 18.5 Å². The molecule has 3 heteroatoms. The second-order valence-electron chi connectivity index (χ2n) is 5.38. The molecule has 3 rings (SSSR count). The molecule has 0 saturated heterocycles. The lowest BCUT2D eigenvalue weighted by atomic mass is 9.95. The van der Waals surface area contributed by atoms with Crippen LogP contribution >= 0.6 is 0 Å². The molecule has 21 heavy (non-hydrogen) atoms. The summed E-state index contributed by atoms with van der Waals surface area (Å²) in [5, 5.41) is 8.99. The number of hydrogen-bond acceptors (Lipinski definition) is 2. The summed E-state index contributed by atoms with van der Waals surface area (Å²) in [6, 6.07) is 17.2. The molecule has 0 spiro atoms. The van der Waals surface area contributed by atoms with Crippen molar-refractivity contribution in [1.29, 1.82) is 5.26 Å². The van der Waals surface area contributed by atoms with Crippen LogP contribution < -0.4 is 4.90 Å². The summed E-state index contributed by atoms with van der Waals surface area (Å²) in [6.07, 6.45) is 1.96. The largest absolute Gasteiger partial charge is 0.305 e. The van der Waals surface area contributed by atoms with Crippen LogP contribution in [0, 0.1) is 11.3 Å². The van der Waals surface area contributed by atoms with E-state index in [4.69, 9.17) is 5.26 Å². The molecule has 1 atom stereocenters. The summed E-state index contributed by atoms with van der Waals surface area (Å²) >= 11 is 0. The van der Waals surface area contributed by atoms with Crippen LogP contribution in [0.3, 0.4) is 0 Å². The van der Waals surface area contributed by atoms with Crippen LogP contribution in [0.5, 0.6) is 0 Å². The van der Waals surface area contributed by atoms with Crippen molar-refractivity contribution in [3.05, 3.63) is 65.2 Å². The van der Waals surface area contributed by atoms with Crippen molar-refractivity contribution in [2.75, 3.05) is 4.90 Å². The minimum absolute atomic E-state index is 0.0354. The maximum absolute atomic E-state index is 12.9. The van der Waals surface area contributed by atoms with Gasteiger partial charge in [0.15, 0.2) is 0 Å². The lowest BCUT2D eigenvalue weighted by molar-refractivity contribution is 0.0975. The average Bonchev–Trinajstić information content (AvgIpc) is 2.54. The average molecular weight is 276 g/mol. The van der Waals surface area contributed by atoms with Gasteiger partial charge in [-0.3, -0.25) is 4.79 Å². The maximum Gasteiger partial charge on any atom is 0.258 e. The van der Waals surface area contributed by atoms with Crippen LogP contribution in [0.1, 0.15) is 34.8 Å². The molecule has 3 nitrogen and oxygen atoms in total. The molecule has 1 heterocycles. The third kappa shape index (κ3) is 2.41. The van der Waals surface area contributed by atoms with E-state index in [9.17, 15) is 4.79 Å². The Balaban J connectivity index is 2.03. The van der Waals surface area contributed by atoms with Crippen LogP contribution in [0.4, 0.5) is 5.69 Å². The second kappa shape index (κ2) is 5.41. The quantitative estimate of drug-likeness (QED) is 0.799. The van der Waals surface area contributed by atoms with E-state index in [0.29, 0.717) is 11.1 Å². The SMILES string of the molecule is CC1CCc2ccccc2N1C(=O)c1cccc(C#N)c1. The molecular weight excluding hydrogens is 260 g/mol. The molecule has 1 unspecified atom stereocenters. The van der Waals surface area contributed by atoms with Gasteiger partial charge in [0.05, 0.1) is 11.6 Å². The van der Waals surface area contributed by atoms with Gasteiger partial charge in [-0.15, -0.1) is 0 Å². The third-order valence-corrected chi connectivity index (χ3v) is 3.98. The van der Waals surface area contributed by atoms with Gasteiger partial charge in [0.2, 0.25) is 0 Å². The van der Waals surface area contributed by atoms with Gasteiger partial charge >= 0.3 is 0 Å². The number of benzene rings is 2. The van der Waals surface area contributed by atoms with Gasteiger partial charge in [0.25, 0.3) is 5.91 Å². The minimum Gasteiger partial charge on any atom is -0.305 e. The molecule has 0 fully saturated rings. The predicted molar refractivity (Wildman–Crippen MR) is 82.2 cm³/mol. The summed E-state index contributed by atoms with van der Waals surface area (Å²) in [5.41, 5.74) is 3.28. The minimum atomic E-state index is -0.0354. The van der Waals surface area contributed by atoms with Crippen molar-refractivity contribution in [1.82, 2.24) is 0 Å². The van der Waals surface area contributed by atoms with Crippen LogP contribution in [0.25, 0.3) is 0 Å². The molecule has 0 bridgehead atoms. The first-order chi connectivity index (χ1) is 10.2. The number of hydrogen-bond donors (Lipinski definition) is 0. The standard InChI is InChI=1S/C18H16N2O/c1-13-9-10-15-6-2-3-8-17(15)20(13)18(21)16-7-4-5-14(11-16)12-19/h2-8,11,13H,9-10H2,1H3. The van der Waals surface area contributed by atoms with Gasteiger partial charge in [-0.1, -0.05) is 24.3 Å². The highest BCUT2D eigenvalue weighted by Gasteiger charge is 2.28. The third-order valence-electron chi connectivity index (χ3n) is 3.98. The Bertz CT molecular complexity index is 730. The monoisotopic (exact) mass is 276 g/mol. The number of carbonyl (C=O) groups excluding carboxylic acids is 1. The molecule has 104 valence electrons. The number of fused-ring (bicyclic) bond motifs is 1. The summed E-state index contributed by atoms with van der Waals surface area (Å²) < 4.78 is 0. The smallest absolute Gasteiger partial charge is 0.258 e. The number of aryl methyl sites for hydroxylation is 1. The van der Waals surface area contributed by atoms with Crippen molar-refractivity contribution in [2.24, 2.45) is 0 Å². The van der Waals surface area contributed by atoms with Gasteiger partial charge in [0, 0.05) is 17.3 Å². The van der Waals surface area contributed by atoms with Crippen LogP contribution in [0.15, 0.2) is 48.5 Å². The zero-order valence-corrected chi connectivity index (χ0v) is 11.9. The number of rotatable bonds is 1. The molecule has 1 amide bonds. The number of nitriles is 1. The first-order valence-electron chi connectivity index (χ1n) is 7.12. The summed E-state index contributed by atoms with van der Waals surface area (Å²) in [7, 11) is 0. The highest BCUT2D eigenvalue weighted by atomic mass is 16.2. The molecule has 0 N–H and O–H groups in total. The Hall–Kier alpha value is -2.60. The molecular formula is C18H16N2O. The molecule has 2 aromatic carbocycles. The van der Waals surface area contributed by atoms with E-state index in [1.54, 1.807) is 24.3 Å². The van der Waals surface area contributed by atoms with Gasteiger partial charge in [-0.25, -0.2) is 0 Å². The number of para-hydroxylation sites is 1. The maximum atomic E-state index is 12.9. The van der Waals surface area contributed by atoms with E-state index in [2.05, 4.69) is 19.1 Å². The Morgan fingerprint density at radius 3 is 2.86 bits per heavy atom. The molecule has 0 radical (unpaired) electrons. The number of anilines is 1. The topological polar surface area (TPSA) is 44.1 Å². The van der Waals surface area contributed by atoms with Crippen LogP contribution in [-0.4, -0.2) is 11.9 Å². The number of amides is 1. The van der Waals surface area contributed by atoms with Crippen LogP contribution in [0.2, 0.25) is 0 Å². The summed E-state index contributed by atoms with van der Waals surface area (Å²) in [4.78, 5) is 14.7. The van der Waals surface area contributed by atoms with Crippen LogP contribution in [-0.2, 0) is 6.42 Å². The van der Waals surface area contributed by atoms with E-state index in [-0.39, 0.29) is 11.9 Å². The van der Waals surface area contributed by atoms with E-state index in [1.807, 2.05) is 23.1 Å². The van der Waals surface area contributed by atoms with E-state index in [1.165, 1.54) is 5.56 Å². The Morgan fingerprint density at radius 1 is 1.24 bits per heavy atom. The number of nitrogens with zero attached hydrogens (tertiary/aromatic N) is 2. The van der Waals surface area contributed by atoms with Crippen molar-refractivity contribution in [3.8, 4) is 6.07 Å². The van der Waals surface area contributed by atoms with Gasteiger partial charge < -0.3 is 4.90 Å². The molecule has 0 aromatic heterocycles. The predicted octanol–water partition coefficient (Wildman–Crippen LogP) is 3.54. The Kier molecular flexibility index (Phi) is 3.45. The van der Waals surface area contributed by atoms with Crippen molar-refractivity contribution in [2.45, 2.75) is 25.8 Å². The van der Waals surface area contributed by atoms with Crippen molar-refractivity contribution in [3.63, 3.8) is 0 Å². The first-order valence-corrected chi connectivity index (χ1v) is 7.12. The fraction of sp³-hybridized carbons (Fsp3) is 0.222. The van der Waals surface area contributed by atoms with E-state index >= 15 is 0 Å². The zero-order valence-electron chi connectivity index (χ0n) is 11.9. The Morgan fingerprint density at radius 2 is 2.05 bits per heavy atom. The fourth-order valence-corrected chi connectivity index (χ4v) is 2.86. The summed E-state index contributed by atoms with van der Waals surface area (Å²) in [5.74, 6) is -0.0354. The first kappa shape index (κ1) is 13.4. The molecule has 1 aliphatic heterocycles. The molecule has 1 aliphatic rings. The Labute approximate surface area is 124 Å². The van der Waals surface area contributed by atoms with Crippen molar-refractivity contribution < 1.29 is 4.79 Å². The second-order valence-corrected chi connectivity index (χ2v) is 5.38. The van der Waals surface area contributed by atoms with E-state index < -0.39 is 0 Å². The normalized spacial score (nSPS) is 17.0. The number of carbonyl (C=O) groups is 1. The highest BCUT2D eigenvalue weighted by Crippen LogP contribution is 2.31. The molecule has 0 aliphatic carbocycles. The summed E-state index contributed by atoms with van der Waals surface area (Å²) in [6.45, 7) is 2.07. The molecule has 2 aromatic rings. The fourth-order valence-electron chi connectivity index (χ4n) is 2.86. The lowest BCUT2D eigenvalue weighted by Gasteiger charge is -2.35. The molecule has 0 saturated carbocycles. The lowest BCUT2D eigenvalue weighted by Crippen LogP contribution is -2.42.